The van der Waals surface area contributed by atoms with Crippen molar-refractivity contribution in [2.45, 2.75) is 106 Å². The fourth-order valence-electron chi connectivity index (χ4n) is 3.47. The van der Waals surface area contributed by atoms with Gasteiger partial charge < -0.3 is 9.47 Å². The Morgan fingerprint density at radius 2 is 1.69 bits per heavy atom. The summed E-state index contributed by atoms with van der Waals surface area (Å²) in [6, 6.07) is 7.07. The third-order valence-corrected chi connectivity index (χ3v) is 4.65. The summed E-state index contributed by atoms with van der Waals surface area (Å²) in [7, 11) is 0. The lowest BCUT2D eigenvalue weighted by Crippen LogP contribution is -2.50. The van der Waals surface area contributed by atoms with Gasteiger partial charge in [0.25, 0.3) is 0 Å². The van der Waals surface area contributed by atoms with Crippen LogP contribution in [-0.2, 0) is 9.47 Å². The van der Waals surface area contributed by atoms with Crippen molar-refractivity contribution >= 4 is 6.09 Å². The number of carbonyl (C=O) groups excluding carboxylic acids is 1. The third kappa shape index (κ3) is 7.29. The molecule has 0 aromatic heterocycles. The van der Waals surface area contributed by atoms with E-state index in [1.165, 1.54) is 4.90 Å². The third-order valence-electron chi connectivity index (χ3n) is 4.65. The van der Waals surface area contributed by atoms with E-state index >= 15 is 0 Å². The van der Waals surface area contributed by atoms with Gasteiger partial charge in [-0.3, -0.25) is 4.90 Å². The molecule has 29 heavy (non-hydrogen) atoms. The van der Waals surface area contributed by atoms with E-state index < -0.39 is 36.2 Å². The number of aryl methyl sites for hydroxylation is 1. The molecule has 5 heteroatoms. The van der Waals surface area contributed by atoms with Crippen LogP contribution in [0.3, 0.4) is 0 Å². The Bertz CT molecular complexity index is 599. The fraction of sp³-hybridized carbons (Fsp3) is 0.708. The van der Waals surface area contributed by atoms with Gasteiger partial charge in [-0.05, 0) is 46.6 Å². The van der Waals surface area contributed by atoms with Crippen LogP contribution in [-0.4, -0.2) is 35.0 Å². The van der Waals surface area contributed by atoms with Crippen LogP contribution in [0.4, 0.5) is 9.18 Å². The summed E-state index contributed by atoms with van der Waals surface area (Å²) in [6.07, 6.45) is 0.608. The summed E-state index contributed by atoms with van der Waals surface area (Å²) in [5.74, 6) is 0. The van der Waals surface area contributed by atoms with Crippen LogP contribution in [0.1, 0.15) is 92.4 Å². The Balaban J connectivity index is 0.00000184. The number of rotatable bonds is 5. The summed E-state index contributed by atoms with van der Waals surface area (Å²) in [5, 5.41) is 0. The van der Waals surface area contributed by atoms with E-state index in [4.69, 9.17) is 9.47 Å². The molecule has 168 valence electrons. The molecule has 0 bridgehead atoms. The van der Waals surface area contributed by atoms with Gasteiger partial charge in [-0.15, -0.1) is 0 Å². The molecule has 1 aliphatic heterocycles. The van der Waals surface area contributed by atoms with E-state index in [2.05, 4.69) is 0 Å². The number of carbonyl (C=O) groups is 1. The predicted molar refractivity (Wildman–Crippen MR) is 119 cm³/mol. The van der Waals surface area contributed by atoms with Crippen molar-refractivity contribution in [2.75, 3.05) is 6.67 Å². The Labute approximate surface area is 177 Å². The molecule has 0 saturated carbocycles. The molecule has 0 spiro atoms. The van der Waals surface area contributed by atoms with Crippen molar-refractivity contribution in [1.82, 2.24) is 4.90 Å². The maximum Gasteiger partial charge on any atom is 0.413 e. The lowest BCUT2D eigenvalue weighted by Gasteiger charge is -2.35. The van der Waals surface area contributed by atoms with Gasteiger partial charge in [0.1, 0.15) is 24.1 Å². The SMILES string of the molecule is CC.CC.CCCC(C)(C)OC(=O)N1[C@@H](CF)[C@@H](c2ccc(C)cc2)OC1(C)C. The van der Waals surface area contributed by atoms with Crippen LogP contribution in [0.25, 0.3) is 0 Å². The molecule has 1 aliphatic rings. The van der Waals surface area contributed by atoms with Crippen LogP contribution in [0.2, 0.25) is 0 Å². The molecule has 1 fully saturated rings. The summed E-state index contributed by atoms with van der Waals surface area (Å²) in [6.45, 7) is 18.6. The Kier molecular flexibility index (Phi) is 11.5. The second kappa shape index (κ2) is 12.2. The molecule has 0 N–H and O–H groups in total. The summed E-state index contributed by atoms with van der Waals surface area (Å²) >= 11 is 0. The first-order valence-corrected chi connectivity index (χ1v) is 10.9. The number of hydrogen-bond acceptors (Lipinski definition) is 3. The highest BCUT2D eigenvalue weighted by Gasteiger charge is 2.51. The highest BCUT2D eigenvalue weighted by atomic mass is 19.1. The Hall–Kier alpha value is -1.62. The summed E-state index contributed by atoms with van der Waals surface area (Å²) in [4.78, 5) is 14.2. The van der Waals surface area contributed by atoms with E-state index in [1.54, 1.807) is 13.8 Å². The van der Waals surface area contributed by atoms with Crippen LogP contribution in [0.15, 0.2) is 24.3 Å². The molecule has 2 rings (SSSR count). The largest absolute Gasteiger partial charge is 0.443 e. The number of benzene rings is 1. The fourth-order valence-corrected chi connectivity index (χ4v) is 3.47. The van der Waals surface area contributed by atoms with E-state index in [0.29, 0.717) is 0 Å². The second-order valence-electron chi connectivity index (χ2n) is 7.87. The number of nitrogens with zero attached hydrogens (tertiary/aromatic N) is 1. The number of hydrogen-bond donors (Lipinski definition) is 0. The molecule has 2 atom stereocenters. The van der Waals surface area contributed by atoms with Gasteiger partial charge in [-0.1, -0.05) is 70.9 Å². The van der Waals surface area contributed by atoms with Gasteiger partial charge in [-0.2, -0.15) is 0 Å². The van der Waals surface area contributed by atoms with Gasteiger partial charge in [-0.25, -0.2) is 9.18 Å². The van der Waals surface area contributed by atoms with Crippen LogP contribution in [0.5, 0.6) is 0 Å². The van der Waals surface area contributed by atoms with Crippen molar-refractivity contribution in [2.24, 2.45) is 0 Å². The van der Waals surface area contributed by atoms with Crippen molar-refractivity contribution < 1.29 is 18.7 Å². The van der Waals surface area contributed by atoms with Crippen molar-refractivity contribution in [3.8, 4) is 0 Å². The molecule has 4 nitrogen and oxygen atoms in total. The molecular weight excluding hydrogens is 369 g/mol. The maximum atomic E-state index is 13.9. The minimum atomic E-state index is -0.939. The van der Waals surface area contributed by atoms with Crippen LogP contribution in [0, 0.1) is 6.92 Å². The second-order valence-corrected chi connectivity index (χ2v) is 7.87. The zero-order chi connectivity index (χ0) is 22.8. The lowest BCUT2D eigenvalue weighted by molar-refractivity contribution is -0.0823. The molecule has 1 amide bonds. The highest BCUT2D eigenvalue weighted by Crippen LogP contribution is 2.42. The quantitative estimate of drug-likeness (QED) is 0.514. The normalized spacial score (nSPS) is 20.2. The molecule has 1 heterocycles. The first kappa shape index (κ1) is 27.4. The number of ether oxygens (including phenoxy) is 2. The van der Waals surface area contributed by atoms with E-state index in [1.807, 2.05) is 79.7 Å². The summed E-state index contributed by atoms with van der Waals surface area (Å²) < 4.78 is 25.7. The van der Waals surface area contributed by atoms with E-state index in [9.17, 15) is 9.18 Å². The number of halogens is 1. The molecule has 0 unspecified atom stereocenters. The number of alkyl halides is 1. The van der Waals surface area contributed by atoms with E-state index in [0.717, 1.165) is 24.0 Å². The van der Waals surface area contributed by atoms with Gasteiger partial charge in [0.2, 0.25) is 0 Å². The topological polar surface area (TPSA) is 38.8 Å². The average molecular weight is 412 g/mol. The van der Waals surface area contributed by atoms with E-state index in [-0.39, 0.29) is 0 Å². The molecule has 1 saturated heterocycles. The van der Waals surface area contributed by atoms with Gasteiger partial charge in [0.15, 0.2) is 0 Å². The first-order chi connectivity index (χ1) is 13.6. The first-order valence-electron chi connectivity index (χ1n) is 10.9. The Morgan fingerprint density at radius 3 is 2.14 bits per heavy atom. The molecule has 1 aromatic rings. The highest BCUT2D eigenvalue weighted by molar-refractivity contribution is 5.70. The van der Waals surface area contributed by atoms with Crippen molar-refractivity contribution in [3.05, 3.63) is 35.4 Å². The van der Waals surface area contributed by atoms with Crippen molar-refractivity contribution in [3.63, 3.8) is 0 Å². The maximum absolute atomic E-state index is 13.9. The standard InChI is InChI=1S/C20H30FNO3.2C2H6/c1-7-12-19(3,4)25-18(23)22-16(13-21)17(24-20(22,5)6)15-10-8-14(2)9-11-15;2*1-2/h8-11,16-17H,7,12-13H2,1-6H3;2*1-2H3/t16-,17+;;/m0../s1. The predicted octanol–water partition coefficient (Wildman–Crippen LogP) is 7.21. The molecule has 1 aromatic carbocycles. The van der Waals surface area contributed by atoms with Gasteiger partial charge in [0.05, 0.1) is 6.04 Å². The minimum Gasteiger partial charge on any atom is -0.443 e. The smallest absolute Gasteiger partial charge is 0.413 e. The van der Waals surface area contributed by atoms with Gasteiger partial charge >= 0.3 is 6.09 Å². The zero-order valence-corrected chi connectivity index (χ0v) is 20.1. The van der Waals surface area contributed by atoms with Crippen LogP contribution >= 0.6 is 0 Å². The van der Waals surface area contributed by atoms with Crippen molar-refractivity contribution in [1.29, 1.82) is 0 Å². The Morgan fingerprint density at radius 1 is 1.17 bits per heavy atom. The monoisotopic (exact) mass is 411 g/mol. The minimum absolute atomic E-state index is 0.512. The summed E-state index contributed by atoms with van der Waals surface area (Å²) in [5.41, 5.74) is 0.455. The zero-order valence-electron chi connectivity index (χ0n) is 20.1. The molecule has 0 aliphatic carbocycles. The van der Waals surface area contributed by atoms with Crippen LogP contribution < -0.4 is 0 Å². The lowest BCUT2D eigenvalue weighted by atomic mass is 10.0. The number of amides is 1. The molecule has 0 radical (unpaired) electrons. The molecular formula is C24H42FNO3. The average Bonchev–Trinajstić information content (AvgIpc) is 2.95. The van der Waals surface area contributed by atoms with Gasteiger partial charge in [0, 0.05) is 0 Å².